The highest BCUT2D eigenvalue weighted by molar-refractivity contribution is 5.97. The van der Waals surface area contributed by atoms with E-state index in [9.17, 15) is 9.59 Å². The number of nitrogens with zero attached hydrogens (tertiary/aromatic N) is 2. The van der Waals surface area contributed by atoms with Crippen molar-refractivity contribution in [1.82, 2.24) is 10.6 Å². The van der Waals surface area contributed by atoms with Crippen molar-refractivity contribution >= 4 is 17.5 Å². The van der Waals surface area contributed by atoms with Gasteiger partial charge in [0.15, 0.2) is 0 Å². The molecule has 0 bridgehead atoms. The van der Waals surface area contributed by atoms with Crippen molar-refractivity contribution in [2.75, 3.05) is 25.5 Å². The minimum atomic E-state index is -0.699. The van der Waals surface area contributed by atoms with Crippen LogP contribution in [0.25, 0.3) is 0 Å². The first-order valence-electron chi connectivity index (χ1n) is 9.81. The van der Waals surface area contributed by atoms with Crippen LogP contribution in [0.15, 0.2) is 48.5 Å². The molecule has 7 nitrogen and oxygen atoms in total. The van der Waals surface area contributed by atoms with Gasteiger partial charge in [0.1, 0.15) is 24.1 Å². The highest BCUT2D eigenvalue weighted by atomic mass is 16.5. The summed E-state index contributed by atoms with van der Waals surface area (Å²) in [6, 6.07) is 15.6. The number of nitrogens with one attached hydrogen (secondary N) is 2. The maximum absolute atomic E-state index is 12.6. The zero-order chi connectivity index (χ0) is 22.1. The number of carbonyl (C=O) groups excluding carboxylic acids is 2. The van der Waals surface area contributed by atoms with Crippen LogP contribution in [0.3, 0.4) is 0 Å². The van der Waals surface area contributed by atoms with Crippen molar-refractivity contribution in [3.8, 4) is 17.6 Å². The normalized spacial score (nSPS) is 11.3. The van der Waals surface area contributed by atoms with Crippen LogP contribution in [0.2, 0.25) is 0 Å². The van der Waals surface area contributed by atoms with Crippen molar-refractivity contribution in [3.63, 3.8) is 0 Å². The number of hydrogen-bond acceptors (Lipinski definition) is 5. The molecule has 2 N–H and O–H groups in total. The van der Waals surface area contributed by atoms with Crippen LogP contribution in [-0.4, -0.2) is 38.5 Å². The van der Waals surface area contributed by atoms with E-state index in [0.29, 0.717) is 23.5 Å². The first-order chi connectivity index (χ1) is 14.3. The van der Waals surface area contributed by atoms with Gasteiger partial charge in [0, 0.05) is 31.4 Å². The molecule has 2 rings (SSSR count). The van der Waals surface area contributed by atoms with Gasteiger partial charge in [-0.05, 0) is 48.7 Å². The lowest BCUT2D eigenvalue weighted by Gasteiger charge is -2.19. The summed E-state index contributed by atoms with van der Waals surface area (Å²) < 4.78 is 5.87. The molecule has 0 aliphatic carbocycles. The average Bonchev–Trinajstić information content (AvgIpc) is 2.71. The highest BCUT2D eigenvalue weighted by Gasteiger charge is 2.22. The van der Waals surface area contributed by atoms with Crippen LogP contribution in [0.1, 0.15) is 30.6 Å². The topological polar surface area (TPSA) is 94.5 Å². The third kappa shape index (κ3) is 6.82. The SMILES string of the molecule is CC(C)CC(NC(=O)c1ccc(Oc2cccc(N(C)C)c2)cc1)C(=O)NCC#N. The summed E-state index contributed by atoms with van der Waals surface area (Å²) in [4.78, 5) is 26.8. The Hall–Kier alpha value is -3.53. The van der Waals surface area contributed by atoms with Crippen LogP contribution < -0.4 is 20.3 Å². The summed E-state index contributed by atoms with van der Waals surface area (Å²) in [5.74, 6) is 0.794. The van der Waals surface area contributed by atoms with Crippen LogP contribution in [0, 0.1) is 17.2 Å². The number of amides is 2. The summed E-state index contributed by atoms with van der Waals surface area (Å²) in [5, 5.41) is 13.9. The molecule has 30 heavy (non-hydrogen) atoms. The molecule has 0 aromatic heterocycles. The second kappa shape index (κ2) is 10.9. The molecule has 0 fully saturated rings. The Morgan fingerprint density at radius 3 is 2.40 bits per heavy atom. The predicted octanol–water partition coefficient (Wildman–Crippen LogP) is 3.33. The monoisotopic (exact) mass is 408 g/mol. The first-order valence-corrected chi connectivity index (χ1v) is 9.81. The summed E-state index contributed by atoms with van der Waals surface area (Å²) in [7, 11) is 3.92. The van der Waals surface area contributed by atoms with Gasteiger partial charge in [-0.25, -0.2) is 0 Å². The van der Waals surface area contributed by atoms with Gasteiger partial charge in [-0.3, -0.25) is 9.59 Å². The molecule has 0 radical (unpaired) electrons. The lowest BCUT2D eigenvalue weighted by molar-refractivity contribution is -0.123. The van der Waals surface area contributed by atoms with Gasteiger partial charge in [0.2, 0.25) is 5.91 Å². The Morgan fingerprint density at radius 2 is 1.80 bits per heavy atom. The third-order valence-electron chi connectivity index (χ3n) is 4.36. The van der Waals surface area contributed by atoms with Crippen LogP contribution in [-0.2, 0) is 4.79 Å². The molecule has 0 saturated carbocycles. The standard InChI is InChI=1S/C23H28N4O3/c1-16(2)14-21(23(29)25-13-12-24)26-22(28)17-8-10-19(11-9-17)30-20-7-5-6-18(15-20)27(3)4/h5-11,15-16,21H,13-14H2,1-4H3,(H,25,29)(H,26,28). The fraction of sp³-hybridized carbons (Fsp3) is 0.348. The predicted molar refractivity (Wildman–Crippen MR) is 117 cm³/mol. The number of benzene rings is 2. The molecule has 0 saturated heterocycles. The maximum atomic E-state index is 12.6. The Bertz CT molecular complexity index is 901. The molecule has 0 spiro atoms. The Morgan fingerprint density at radius 1 is 1.10 bits per heavy atom. The second-order valence-electron chi connectivity index (χ2n) is 7.55. The Balaban J connectivity index is 2.05. The molecule has 0 heterocycles. The van der Waals surface area contributed by atoms with Crippen LogP contribution in [0.5, 0.6) is 11.5 Å². The first kappa shape index (κ1) is 22.8. The van der Waals surface area contributed by atoms with Crippen LogP contribution in [0.4, 0.5) is 5.69 Å². The molecular weight excluding hydrogens is 380 g/mol. The van der Waals surface area contributed by atoms with E-state index >= 15 is 0 Å². The van der Waals surface area contributed by atoms with Crippen molar-refractivity contribution in [2.24, 2.45) is 5.92 Å². The van der Waals surface area contributed by atoms with E-state index in [1.165, 1.54) is 0 Å². The minimum Gasteiger partial charge on any atom is -0.457 e. The highest BCUT2D eigenvalue weighted by Crippen LogP contribution is 2.25. The Kier molecular flexibility index (Phi) is 8.24. The number of carbonyl (C=O) groups is 2. The Labute approximate surface area is 177 Å². The molecule has 2 aromatic rings. The smallest absolute Gasteiger partial charge is 0.251 e. The molecule has 158 valence electrons. The van der Waals surface area contributed by atoms with Gasteiger partial charge in [0.05, 0.1) is 6.07 Å². The maximum Gasteiger partial charge on any atom is 0.251 e. The van der Waals surface area contributed by atoms with E-state index in [1.54, 1.807) is 24.3 Å². The van der Waals surface area contributed by atoms with Crippen molar-refractivity contribution in [3.05, 3.63) is 54.1 Å². The lowest BCUT2D eigenvalue weighted by atomic mass is 10.0. The van der Waals surface area contributed by atoms with E-state index < -0.39 is 6.04 Å². The van der Waals surface area contributed by atoms with Gasteiger partial charge >= 0.3 is 0 Å². The van der Waals surface area contributed by atoms with Crippen molar-refractivity contribution < 1.29 is 14.3 Å². The van der Waals surface area contributed by atoms with Gasteiger partial charge in [-0.2, -0.15) is 5.26 Å². The number of ether oxygens (including phenoxy) is 1. The molecule has 7 heteroatoms. The zero-order valence-electron chi connectivity index (χ0n) is 17.8. The average molecular weight is 409 g/mol. The van der Waals surface area contributed by atoms with E-state index in [2.05, 4.69) is 10.6 Å². The van der Waals surface area contributed by atoms with Crippen LogP contribution >= 0.6 is 0 Å². The molecule has 1 unspecified atom stereocenters. The molecule has 2 amide bonds. The molecular formula is C23H28N4O3. The number of anilines is 1. The van der Waals surface area contributed by atoms with Gasteiger partial charge < -0.3 is 20.3 Å². The third-order valence-corrected chi connectivity index (χ3v) is 4.36. The fourth-order valence-corrected chi connectivity index (χ4v) is 2.83. The lowest BCUT2D eigenvalue weighted by Crippen LogP contribution is -2.47. The molecule has 2 aromatic carbocycles. The van der Waals surface area contributed by atoms with Crippen molar-refractivity contribution in [2.45, 2.75) is 26.3 Å². The molecule has 0 aliphatic rings. The second-order valence-corrected chi connectivity index (χ2v) is 7.55. The van der Waals surface area contributed by atoms with Gasteiger partial charge in [-0.15, -0.1) is 0 Å². The molecule has 1 atom stereocenters. The number of hydrogen-bond donors (Lipinski definition) is 2. The van der Waals surface area contributed by atoms with E-state index in [4.69, 9.17) is 10.00 Å². The van der Waals surface area contributed by atoms with E-state index in [1.807, 2.05) is 63.2 Å². The summed E-state index contributed by atoms with van der Waals surface area (Å²) >= 11 is 0. The van der Waals surface area contributed by atoms with E-state index in [0.717, 1.165) is 5.69 Å². The summed E-state index contributed by atoms with van der Waals surface area (Å²) in [6.07, 6.45) is 0.479. The summed E-state index contributed by atoms with van der Waals surface area (Å²) in [6.45, 7) is 3.84. The molecule has 0 aliphatic heterocycles. The minimum absolute atomic E-state index is 0.0929. The quantitative estimate of drug-likeness (QED) is 0.621. The van der Waals surface area contributed by atoms with Gasteiger partial charge in [-0.1, -0.05) is 19.9 Å². The largest absolute Gasteiger partial charge is 0.457 e. The zero-order valence-corrected chi connectivity index (χ0v) is 17.8. The number of nitriles is 1. The summed E-state index contributed by atoms with van der Waals surface area (Å²) in [5.41, 5.74) is 1.44. The van der Waals surface area contributed by atoms with Gasteiger partial charge in [0.25, 0.3) is 5.91 Å². The van der Waals surface area contributed by atoms with Crippen molar-refractivity contribution in [1.29, 1.82) is 5.26 Å². The van der Waals surface area contributed by atoms with E-state index in [-0.39, 0.29) is 24.3 Å². The number of rotatable bonds is 9. The fourth-order valence-electron chi connectivity index (χ4n) is 2.83.